The van der Waals surface area contributed by atoms with Gasteiger partial charge in [-0.05, 0) is 35.4 Å². The largest absolute Gasteiger partial charge is 0.419 e. The van der Waals surface area contributed by atoms with Gasteiger partial charge in [0.2, 0.25) is 11.8 Å². The number of hydrogen-bond acceptors (Lipinski definition) is 7. The third-order valence-corrected chi connectivity index (χ3v) is 3.87. The summed E-state index contributed by atoms with van der Waals surface area (Å²) < 4.78 is 5.52. The number of rotatable bonds is 6. The fourth-order valence-corrected chi connectivity index (χ4v) is 2.51. The van der Waals surface area contributed by atoms with Crippen LogP contribution in [0.4, 0.5) is 0 Å². The molecular weight excluding hydrogens is 348 g/mol. The number of nitriles is 1. The first-order valence-corrected chi connectivity index (χ1v) is 8.09. The quantitative estimate of drug-likeness (QED) is 0.604. The number of amides is 1. The van der Waals surface area contributed by atoms with Gasteiger partial charge in [-0.1, -0.05) is 18.2 Å². The van der Waals surface area contributed by atoms with E-state index in [0.29, 0.717) is 27.8 Å². The number of benzene rings is 2. The second kappa shape index (κ2) is 8.23. The highest BCUT2D eigenvalue weighted by Crippen LogP contribution is 2.19. The van der Waals surface area contributed by atoms with E-state index in [4.69, 9.17) is 14.8 Å². The molecule has 0 saturated heterocycles. The summed E-state index contributed by atoms with van der Waals surface area (Å²) >= 11 is 0. The van der Waals surface area contributed by atoms with Crippen LogP contribution in [0.2, 0.25) is 0 Å². The van der Waals surface area contributed by atoms with Gasteiger partial charge in [-0.3, -0.25) is 4.79 Å². The van der Waals surface area contributed by atoms with Gasteiger partial charge >= 0.3 is 0 Å². The molecule has 0 bridgehead atoms. The molecule has 0 fully saturated rings. The first-order valence-electron chi connectivity index (χ1n) is 8.09. The van der Waals surface area contributed by atoms with E-state index in [0.717, 1.165) is 0 Å². The number of aliphatic hydroxyl groups excluding tert-OH is 2. The van der Waals surface area contributed by atoms with Gasteiger partial charge < -0.3 is 19.9 Å². The summed E-state index contributed by atoms with van der Waals surface area (Å²) in [5.41, 5.74) is 2.41. The van der Waals surface area contributed by atoms with E-state index in [2.05, 4.69) is 15.5 Å². The Morgan fingerprint density at radius 3 is 2.74 bits per heavy atom. The maximum Gasteiger partial charge on any atom is 0.252 e. The van der Waals surface area contributed by atoms with Crippen LogP contribution in [0.1, 0.15) is 32.9 Å². The van der Waals surface area contributed by atoms with Crippen LogP contribution in [-0.2, 0) is 19.8 Å². The molecule has 0 atom stereocenters. The second-order valence-corrected chi connectivity index (χ2v) is 5.68. The summed E-state index contributed by atoms with van der Waals surface area (Å²) in [6, 6.07) is 13.5. The Bertz CT molecular complexity index is 1010. The van der Waals surface area contributed by atoms with Crippen LogP contribution in [-0.4, -0.2) is 26.3 Å². The molecule has 1 amide bonds. The number of carbonyl (C=O) groups excluding carboxylic acids is 1. The van der Waals surface area contributed by atoms with Crippen molar-refractivity contribution in [2.45, 2.75) is 19.8 Å². The van der Waals surface area contributed by atoms with Gasteiger partial charge in [0.05, 0.1) is 31.4 Å². The van der Waals surface area contributed by atoms with Crippen molar-refractivity contribution in [2.24, 2.45) is 0 Å². The summed E-state index contributed by atoms with van der Waals surface area (Å²) in [5, 5.41) is 38.0. The SMILES string of the molecule is N#Cc1cccc(-c2nnc(CNC(=O)c3ccc(CO)cc3CO)o2)c1. The van der Waals surface area contributed by atoms with Gasteiger partial charge in [0, 0.05) is 11.1 Å². The molecule has 1 aromatic heterocycles. The van der Waals surface area contributed by atoms with E-state index in [-0.39, 0.29) is 31.5 Å². The molecule has 136 valence electrons. The summed E-state index contributed by atoms with van der Waals surface area (Å²) in [6.45, 7) is -0.487. The van der Waals surface area contributed by atoms with Crippen molar-refractivity contribution >= 4 is 5.91 Å². The average Bonchev–Trinajstić information content (AvgIpc) is 3.20. The fraction of sp³-hybridized carbons (Fsp3) is 0.158. The third-order valence-electron chi connectivity index (χ3n) is 3.87. The van der Waals surface area contributed by atoms with Crippen LogP contribution in [0.15, 0.2) is 46.9 Å². The van der Waals surface area contributed by atoms with E-state index in [1.807, 2.05) is 6.07 Å². The lowest BCUT2D eigenvalue weighted by Crippen LogP contribution is -2.24. The van der Waals surface area contributed by atoms with Gasteiger partial charge in [0.15, 0.2) is 0 Å². The normalized spacial score (nSPS) is 10.4. The highest BCUT2D eigenvalue weighted by molar-refractivity contribution is 5.95. The first-order chi connectivity index (χ1) is 13.1. The van der Waals surface area contributed by atoms with E-state index < -0.39 is 5.91 Å². The summed E-state index contributed by atoms with van der Waals surface area (Å²) in [7, 11) is 0. The van der Waals surface area contributed by atoms with Crippen molar-refractivity contribution in [2.75, 3.05) is 0 Å². The van der Waals surface area contributed by atoms with Crippen molar-refractivity contribution in [3.8, 4) is 17.5 Å². The highest BCUT2D eigenvalue weighted by atomic mass is 16.4. The van der Waals surface area contributed by atoms with E-state index in [9.17, 15) is 9.90 Å². The van der Waals surface area contributed by atoms with Crippen molar-refractivity contribution in [1.82, 2.24) is 15.5 Å². The predicted molar refractivity (Wildman–Crippen MR) is 93.9 cm³/mol. The molecule has 0 unspecified atom stereocenters. The molecule has 8 nitrogen and oxygen atoms in total. The zero-order valence-corrected chi connectivity index (χ0v) is 14.2. The lowest BCUT2D eigenvalue weighted by Gasteiger charge is -2.09. The number of carbonyl (C=O) groups is 1. The van der Waals surface area contributed by atoms with Crippen LogP contribution in [0.5, 0.6) is 0 Å². The van der Waals surface area contributed by atoms with Crippen LogP contribution >= 0.6 is 0 Å². The smallest absolute Gasteiger partial charge is 0.252 e. The lowest BCUT2D eigenvalue weighted by atomic mass is 10.0. The van der Waals surface area contributed by atoms with Crippen LogP contribution in [0.25, 0.3) is 11.5 Å². The molecular formula is C19H16N4O4. The molecule has 3 rings (SSSR count). The third kappa shape index (κ3) is 4.17. The van der Waals surface area contributed by atoms with Gasteiger partial charge in [-0.15, -0.1) is 10.2 Å². The topological polar surface area (TPSA) is 132 Å². The van der Waals surface area contributed by atoms with Crippen LogP contribution in [0.3, 0.4) is 0 Å². The molecule has 3 aromatic rings. The average molecular weight is 364 g/mol. The van der Waals surface area contributed by atoms with E-state index in [1.54, 1.807) is 42.5 Å². The summed E-state index contributed by atoms with van der Waals surface area (Å²) in [4.78, 5) is 12.3. The minimum Gasteiger partial charge on any atom is -0.419 e. The Labute approximate surface area is 154 Å². The molecule has 8 heteroatoms. The molecule has 0 saturated carbocycles. The molecule has 0 spiro atoms. The number of nitrogens with one attached hydrogen (secondary N) is 1. The Hall–Kier alpha value is -3.54. The minimum absolute atomic E-state index is 0.0103. The zero-order valence-electron chi connectivity index (χ0n) is 14.2. The number of aromatic nitrogens is 2. The number of aliphatic hydroxyl groups is 2. The zero-order chi connectivity index (χ0) is 19.2. The Balaban J connectivity index is 1.70. The number of hydrogen-bond donors (Lipinski definition) is 3. The Morgan fingerprint density at radius 2 is 2.00 bits per heavy atom. The van der Waals surface area contributed by atoms with Crippen molar-refractivity contribution in [3.63, 3.8) is 0 Å². The van der Waals surface area contributed by atoms with Gasteiger partial charge in [0.1, 0.15) is 0 Å². The first kappa shape index (κ1) is 18.3. The number of nitrogens with zero attached hydrogens (tertiary/aromatic N) is 3. The molecule has 1 heterocycles. The molecule has 3 N–H and O–H groups in total. The van der Waals surface area contributed by atoms with E-state index in [1.165, 1.54) is 0 Å². The molecule has 0 aliphatic heterocycles. The van der Waals surface area contributed by atoms with Gasteiger partial charge in [-0.25, -0.2) is 0 Å². The Morgan fingerprint density at radius 1 is 1.15 bits per heavy atom. The monoisotopic (exact) mass is 364 g/mol. The molecule has 27 heavy (non-hydrogen) atoms. The summed E-state index contributed by atoms with van der Waals surface area (Å²) in [6.07, 6.45) is 0. The highest BCUT2D eigenvalue weighted by Gasteiger charge is 2.14. The maximum absolute atomic E-state index is 12.3. The van der Waals surface area contributed by atoms with Gasteiger partial charge in [0.25, 0.3) is 5.91 Å². The predicted octanol–water partition coefficient (Wildman–Crippen LogP) is 1.52. The lowest BCUT2D eigenvalue weighted by molar-refractivity contribution is 0.0944. The van der Waals surface area contributed by atoms with Crippen LogP contribution in [0, 0.1) is 11.3 Å². The fourth-order valence-electron chi connectivity index (χ4n) is 2.51. The minimum atomic E-state index is -0.408. The van der Waals surface area contributed by atoms with Gasteiger partial charge in [-0.2, -0.15) is 5.26 Å². The Kier molecular flexibility index (Phi) is 5.56. The van der Waals surface area contributed by atoms with Crippen molar-refractivity contribution in [3.05, 3.63) is 70.6 Å². The van der Waals surface area contributed by atoms with Crippen molar-refractivity contribution < 1.29 is 19.4 Å². The summed E-state index contributed by atoms with van der Waals surface area (Å²) in [5.74, 6) is 0.0488. The van der Waals surface area contributed by atoms with Crippen LogP contribution < -0.4 is 5.32 Å². The molecule has 0 aliphatic carbocycles. The molecule has 0 aliphatic rings. The van der Waals surface area contributed by atoms with E-state index >= 15 is 0 Å². The van der Waals surface area contributed by atoms with Crippen molar-refractivity contribution in [1.29, 1.82) is 5.26 Å². The standard InChI is InChI=1S/C19H16N4O4/c20-8-12-2-1-3-14(6-12)19-23-22-17(27-19)9-21-18(26)16-5-4-13(10-24)7-15(16)11-25/h1-7,24-25H,9-11H2,(H,21,26). The molecule has 0 radical (unpaired) electrons. The maximum atomic E-state index is 12.3. The molecule has 2 aromatic carbocycles. The second-order valence-electron chi connectivity index (χ2n) is 5.68.